The highest BCUT2D eigenvalue weighted by molar-refractivity contribution is 5.84. The molecule has 0 aromatic heterocycles. The van der Waals surface area contributed by atoms with E-state index < -0.39 is 5.97 Å². The lowest BCUT2D eigenvalue weighted by molar-refractivity contribution is -0.135. The number of anilines is 1. The first-order valence-electron chi connectivity index (χ1n) is 8.32. The maximum Gasteiger partial charge on any atom is 0.323 e. The molecule has 0 atom stereocenters. The summed E-state index contributed by atoms with van der Waals surface area (Å²) in [6.07, 6.45) is 6.18. The topological polar surface area (TPSA) is 60.9 Å². The summed E-state index contributed by atoms with van der Waals surface area (Å²) < 4.78 is 0. The minimum Gasteiger partial charge on any atom is -0.480 e. The summed E-state index contributed by atoms with van der Waals surface area (Å²) in [5.74, 6) is -0.375. The fraction of sp³-hybridized carbons (Fsp3) is 0.556. The van der Waals surface area contributed by atoms with Gasteiger partial charge in [-0.05, 0) is 30.9 Å². The minimum atomic E-state index is -0.934. The fourth-order valence-electron chi connectivity index (χ4n) is 3.18. The Labute approximate surface area is 137 Å². The van der Waals surface area contributed by atoms with Crippen LogP contribution in [0.1, 0.15) is 32.1 Å². The largest absolute Gasteiger partial charge is 0.480 e. The number of carbonyl (C=O) groups is 2. The SMILES string of the molecule is CN(CC1CCCCC1)C(=O)CN(CC(=O)O)c1ccccc1. The van der Waals surface area contributed by atoms with Crippen molar-refractivity contribution in [2.24, 2.45) is 5.92 Å². The summed E-state index contributed by atoms with van der Waals surface area (Å²) in [6.45, 7) is 0.696. The second-order valence-electron chi connectivity index (χ2n) is 6.36. The molecule has 1 N–H and O–H groups in total. The van der Waals surface area contributed by atoms with Crippen LogP contribution < -0.4 is 4.90 Å². The normalized spacial score (nSPS) is 15.2. The molecule has 0 bridgehead atoms. The van der Waals surface area contributed by atoms with Gasteiger partial charge in [0.15, 0.2) is 0 Å². The van der Waals surface area contributed by atoms with Gasteiger partial charge in [-0.15, -0.1) is 0 Å². The third kappa shape index (κ3) is 5.58. The second kappa shape index (κ2) is 8.56. The predicted octanol–water partition coefficient (Wildman–Crippen LogP) is 2.62. The molecule has 0 unspecified atom stereocenters. The molecule has 1 fully saturated rings. The summed E-state index contributed by atoms with van der Waals surface area (Å²) >= 11 is 0. The van der Waals surface area contributed by atoms with Gasteiger partial charge >= 0.3 is 5.97 Å². The summed E-state index contributed by atoms with van der Waals surface area (Å²) in [5.41, 5.74) is 0.759. The quantitative estimate of drug-likeness (QED) is 0.839. The number of benzene rings is 1. The average Bonchev–Trinajstić information content (AvgIpc) is 2.55. The molecule has 0 heterocycles. The van der Waals surface area contributed by atoms with Crippen LogP contribution in [-0.2, 0) is 9.59 Å². The van der Waals surface area contributed by atoms with Crippen LogP contribution >= 0.6 is 0 Å². The Kier molecular flexibility index (Phi) is 6.44. The Morgan fingerprint density at radius 3 is 2.35 bits per heavy atom. The molecule has 1 aliphatic carbocycles. The number of hydrogen-bond acceptors (Lipinski definition) is 3. The van der Waals surface area contributed by atoms with E-state index in [0.717, 1.165) is 12.2 Å². The zero-order valence-electron chi connectivity index (χ0n) is 13.8. The number of aliphatic carboxylic acids is 1. The van der Waals surface area contributed by atoms with Gasteiger partial charge in [-0.3, -0.25) is 9.59 Å². The lowest BCUT2D eigenvalue weighted by Gasteiger charge is -2.29. The number of para-hydroxylation sites is 1. The van der Waals surface area contributed by atoms with Gasteiger partial charge in [0.2, 0.25) is 5.91 Å². The number of carboxylic acids is 1. The van der Waals surface area contributed by atoms with Crippen molar-refractivity contribution in [3.63, 3.8) is 0 Å². The van der Waals surface area contributed by atoms with Crippen LogP contribution in [-0.4, -0.2) is 48.6 Å². The minimum absolute atomic E-state index is 0.0272. The van der Waals surface area contributed by atoms with E-state index in [1.54, 1.807) is 9.80 Å². The Bertz CT molecular complexity index is 512. The predicted molar refractivity (Wildman–Crippen MR) is 90.5 cm³/mol. The van der Waals surface area contributed by atoms with Gasteiger partial charge in [-0.1, -0.05) is 37.5 Å². The Morgan fingerprint density at radius 2 is 1.74 bits per heavy atom. The van der Waals surface area contributed by atoms with Crippen LogP contribution in [0.25, 0.3) is 0 Å². The molecule has 1 aliphatic rings. The van der Waals surface area contributed by atoms with Crippen LogP contribution in [0, 0.1) is 5.92 Å². The highest BCUT2D eigenvalue weighted by Gasteiger charge is 2.21. The summed E-state index contributed by atoms with van der Waals surface area (Å²) in [5, 5.41) is 9.09. The van der Waals surface area contributed by atoms with Gasteiger partial charge < -0.3 is 14.9 Å². The molecule has 1 aromatic carbocycles. The van der Waals surface area contributed by atoms with E-state index in [4.69, 9.17) is 5.11 Å². The van der Waals surface area contributed by atoms with Gasteiger partial charge in [-0.25, -0.2) is 0 Å². The van der Waals surface area contributed by atoms with Crippen molar-refractivity contribution in [3.8, 4) is 0 Å². The first-order chi connectivity index (χ1) is 11.1. The van der Waals surface area contributed by atoms with Crippen molar-refractivity contribution < 1.29 is 14.7 Å². The van der Waals surface area contributed by atoms with Gasteiger partial charge in [0.05, 0.1) is 6.54 Å². The summed E-state index contributed by atoms with van der Waals surface area (Å²) in [6, 6.07) is 9.23. The third-order valence-electron chi connectivity index (χ3n) is 4.46. The van der Waals surface area contributed by atoms with E-state index in [1.807, 2.05) is 37.4 Å². The van der Waals surface area contributed by atoms with E-state index in [2.05, 4.69) is 0 Å². The van der Waals surface area contributed by atoms with Crippen LogP contribution in [0.4, 0.5) is 5.69 Å². The van der Waals surface area contributed by atoms with Crippen molar-refractivity contribution in [3.05, 3.63) is 30.3 Å². The molecule has 5 nitrogen and oxygen atoms in total. The monoisotopic (exact) mass is 318 g/mol. The first kappa shape index (κ1) is 17.3. The van der Waals surface area contributed by atoms with Gasteiger partial charge in [0.25, 0.3) is 0 Å². The van der Waals surface area contributed by atoms with Crippen LogP contribution in [0.15, 0.2) is 30.3 Å². The lowest BCUT2D eigenvalue weighted by Crippen LogP contribution is -2.42. The number of likely N-dealkylation sites (N-methyl/N-ethyl adjacent to an activating group) is 1. The third-order valence-corrected chi connectivity index (χ3v) is 4.46. The molecule has 1 saturated carbocycles. The summed E-state index contributed by atoms with van der Waals surface area (Å²) in [7, 11) is 1.82. The number of hydrogen-bond donors (Lipinski definition) is 1. The molecule has 0 spiro atoms. The zero-order chi connectivity index (χ0) is 16.7. The molecule has 126 valence electrons. The van der Waals surface area contributed by atoms with E-state index >= 15 is 0 Å². The van der Waals surface area contributed by atoms with Crippen molar-refractivity contribution in [1.29, 1.82) is 0 Å². The smallest absolute Gasteiger partial charge is 0.323 e. The Balaban J connectivity index is 1.94. The molecule has 0 aliphatic heterocycles. The van der Waals surface area contributed by atoms with Crippen molar-refractivity contribution >= 4 is 17.6 Å². The van der Waals surface area contributed by atoms with E-state index in [1.165, 1.54) is 32.1 Å². The van der Waals surface area contributed by atoms with Crippen LogP contribution in [0.2, 0.25) is 0 Å². The first-order valence-corrected chi connectivity index (χ1v) is 8.32. The highest BCUT2D eigenvalue weighted by Crippen LogP contribution is 2.24. The zero-order valence-corrected chi connectivity index (χ0v) is 13.8. The van der Waals surface area contributed by atoms with Crippen molar-refractivity contribution in [1.82, 2.24) is 4.90 Å². The summed E-state index contributed by atoms with van der Waals surface area (Å²) in [4.78, 5) is 26.9. The van der Waals surface area contributed by atoms with E-state index in [0.29, 0.717) is 5.92 Å². The lowest BCUT2D eigenvalue weighted by atomic mass is 9.89. The number of nitrogens with zero attached hydrogens (tertiary/aromatic N) is 2. The van der Waals surface area contributed by atoms with Crippen molar-refractivity contribution in [2.45, 2.75) is 32.1 Å². The number of amides is 1. The average molecular weight is 318 g/mol. The molecule has 2 rings (SSSR count). The fourth-order valence-corrected chi connectivity index (χ4v) is 3.18. The molecular weight excluding hydrogens is 292 g/mol. The second-order valence-corrected chi connectivity index (χ2v) is 6.36. The molecule has 23 heavy (non-hydrogen) atoms. The maximum atomic E-state index is 12.5. The van der Waals surface area contributed by atoms with Crippen molar-refractivity contribution in [2.75, 3.05) is 31.6 Å². The standard InChI is InChI=1S/C18H26N2O3/c1-19(12-15-8-4-2-5-9-15)17(21)13-20(14-18(22)23)16-10-6-3-7-11-16/h3,6-7,10-11,15H,2,4-5,8-9,12-14H2,1H3,(H,22,23). The molecule has 1 amide bonds. The van der Waals surface area contributed by atoms with Gasteiger partial charge in [-0.2, -0.15) is 0 Å². The number of carbonyl (C=O) groups excluding carboxylic acids is 1. The Morgan fingerprint density at radius 1 is 1.09 bits per heavy atom. The molecule has 0 saturated heterocycles. The highest BCUT2D eigenvalue weighted by atomic mass is 16.4. The Hall–Kier alpha value is -2.04. The maximum absolute atomic E-state index is 12.5. The number of rotatable bonds is 7. The molecule has 1 aromatic rings. The van der Waals surface area contributed by atoms with E-state index in [9.17, 15) is 9.59 Å². The van der Waals surface area contributed by atoms with Crippen LogP contribution in [0.5, 0.6) is 0 Å². The molecular formula is C18H26N2O3. The molecule has 0 radical (unpaired) electrons. The van der Waals surface area contributed by atoms with Gasteiger partial charge in [0.1, 0.15) is 6.54 Å². The van der Waals surface area contributed by atoms with Gasteiger partial charge in [0, 0.05) is 19.3 Å². The molecule has 5 heteroatoms. The van der Waals surface area contributed by atoms with Crippen LogP contribution in [0.3, 0.4) is 0 Å². The number of carboxylic acid groups (broad SMARTS) is 1. The van der Waals surface area contributed by atoms with E-state index in [-0.39, 0.29) is 19.0 Å².